The quantitative estimate of drug-likeness (QED) is 0.603. The van der Waals surface area contributed by atoms with Gasteiger partial charge in [-0.1, -0.05) is 17.7 Å². The summed E-state index contributed by atoms with van der Waals surface area (Å²) in [4.78, 5) is 16.7. The lowest BCUT2D eigenvalue weighted by atomic mass is 10.1. The SMILES string of the molecule is Cc1ccc(C(=O)Nc2ccc3c(c2)CCC3n2ccnc2)c(I)c1. The molecule has 0 saturated carbocycles. The van der Waals surface area contributed by atoms with Gasteiger partial charge in [0.15, 0.2) is 0 Å². The number of imidazole rings is 1. The van der Waals surface area contributed by atoms with Crippen molar-refractivity contribution in [1.82, 2.24) is 9.55 Å². The van der Waals surface area contributed by atoms with E-state index >= 15 is 0 Å². The van der Waals surface area contributed by atoms with Gasteiger partial charge in [-0.05, 0) is 77.7 Å². The Bertz CT molecular complexity index is 934. The van der Waals surface area contributed by atoms with E-state index in [2.05, 4.69) is 49.6 Å². The minimum absolute atomic E-state index is 0.0616. The fourth-order valence-corrected chi connectivity index (χ4v) is 4.35. The topological polar surface area (TPSA) is 46.9 Å². The van der Waals surface area contributed by atoms with Gasteiger partial charge in [0, 0.05) is 21.7 Å². The van der Waals surface area contributed by atoms with E-state index in [9.17, 15) is 4.79 Å². The molecule has 1 aromatic heterocycles. The molecule has 2 aromatic carbocycles. The van der Waals surface area contributed by atoms with Gasteiger partial charge in [0.1, 0.15) is 0 Å². The van der Waals surface area contributed by atoms with E-state index in [1.54, 1.807) is 0 Å². The van der Waals surface area contributed by atoms with E-state index in [0.29, 0.717) is 11.6 Å². The van der Waals surface area contributed by atoms with Crippen LogP contribution in [0.3, 0.4) is 0 Å². The molecule has 4 nitrogen and oxygen atoms in total. The predicted molar refractivity (Wildman–Crippen MR) is 107 cm³/mol. The number of carbonyl (C=O) groups is 1. The molecule has 1 unspecified atom stereocenters. The highest BCUT2D eigenvalue weighted by molar-refractivity contribution is 14.1. The number of benzene rings is 2. The monoisotopic (exact) mass is 443 g/mol. The summed E-state index contributed by atoms with van der Waals surface area (Å²) in [6.07, 6.45) is 7.78. The summed E-state index contributed by atoms with van der Waals surface area (Å²) in [5.41, 5.74) is 5.34. The number of anilines is 1. The Labute approximate surface area is 160 Å². The summed E-state index contributed by atoms with van der Waals surface area (Å²) >= 11 is 2.21. The van der Waals surface area contributed by atoms with Crippen LogP contribution >= 0.6 is 22.6 Å². The van der Waals surface area contributed by atoms with Crippen LogP contribution in [0.15, 0.2) is 55.1 Å². The summed E-state index contributed by atoms with van der Waals surface area (Å²) in [6, 6.07) is 12.4. The molecule has 0 spiro atoms. The number of rotatable bonds is 3. The molecule has 126 valence electrons. The molecular weight excluding hydrogens is 425 g/mol. The van der Waals surface area contributed by atoms with E-state index in [4.69, 9.17) is 0 Å². The highest BCUT2D eigenvalue weighted by atomic mass is 127. The Kier molecular flexibility index (Phi) is 4.33. The maximum atomic E-state index is 12.6. The van der Waals surface area contributed by atoms with Gasteiger partial charge in [-0.2, -0.15) is 0 Å². The zero-order valence-corrected chi connectivity index (χ0v) is 16.0. The average molecular weight is 443 g/mol. The van der Waals surface area contributed by atoms with Crippen LogP contribution in [-0.4, -0.2) is 15.5 Å². The second-order valence-electron chi connectivity index (χ2n) is 6.42. The molecule has 1 amide bonds. The molecule has 4 rings (SSSR count). The summed E-state index contributed by atoms with van der Waals surface area (Å²) in [5, 5.41) is 3.03. The lowest BCUT2D eigenvalue weighted by Gasteiger charge is -2.14. The predicted octanol–water partition coefficient (Wildman–Crippen LogP) is 4.58. The van der Waals surface area contributed by atoms with Gasteiger partial charge in [-0.3, -0.25) is 4.79 Å². The molecule has 0 fully saturated rings. The zero-order chi connectivity index (χ0) is 17.4. The van der Waals surface area contributed by atoms with Crippen LogP contribution in [0.2, 0.25) is 0 Å². The van der Waals surface area contributed by atoms with Crippen LogP contribution in [0.4, 0.5) is 5.69 Å². The number of nitrogens with one attached hydrogen (secondary N) is 1. The van der Waals surface area contributed by atoms with Crippen molar-refractivity contribution in [2.75, 3.05) is 5.32 Å². The average Bonchev–Trinajstić information content (AvgIpc) is 3.23. The Morgan fingerprint density at radius 3 is 2.92 bits per heavy atom. The van der Waals surface area contributed by atoms with Crippen molar-refractivity contribution in [2.45, 2.75) is 25.8 Å². The first-order valence-electron chi connectivity index (χ1n) is 8.29. The molecule has 0 bridgehead atoms. The third-order valence-electron chi connectivity index (χ3n) is 4.70. The Hall–Kier alpha value is -2.15. The molecule has 0 radical (unpaired) electrons. The molecular formula is C20H18IN3O. The van der Waals surface area contributed by atoms with E-state index in [-0.39, 0.29) is 5.91 Å². The van der Waals surface area contributed by atoms with Crippen LogP contribution in [0.1, 0.15) is 39.5 Å². The van der Waals surface area contributed by atoms with Crippen molar-refractivity contribution < 1.29 is 4.79 Å². The first-order valence-corrected chi connectivity index (χ1v) is 9.37. The lowest BCUT2D eigenvalue weighted by molar-refractivity contribution is 0.102. The summed E-state index contributed by atoms with van der Waals surface area (Å²) in [7, 11) is 0. The second-order valence-corrected chi connectivity index (χ2v) is 7.58. The van der Waals surface area contributed by atoms with Gasteiger partial charge >= 0.3 is 0 Å². The maximum Gasteiger partial charge on any atom is 0.256 e. The molecule has 3 aromatic rings. The number of aryl methyl sites for hydroxylation is 2. The number of nitrogens with zero attached hydrogens (tertiary/aromatic N) is 2. The number of hydrogen-bond donors (Lipinski definition) is 1. The molecule has 1 atom stereocenters. The van der Waals surface area contributed by atoms with Crippen molar-refractivity contribution in [3.8, 4) is 0 Å². The number of carbonyl (C=O) groups excluding carboxylic acids is 1. The minimum Gasteiger partial charge on any atom is -0.330 e. The Balaban J connectivity index is 1.56. The van der Waals surface area contributed by atoms with Gasteiger partial charge in [0.2, 0.25) is 0 Å². The van der Waals surface area contributed by atoms with Crippen molar-refractivity contribution in [2.24, 2.45) is 0 Å². The van der Waals surface area contributed by atoms with E-state index in [0.717, 1.165) is 27.7 Å². The summed E-state index contributed by atoms with van der Waals surface area (Å²) in [6.45, 7) is 2.03. The van der Waals surface area contributed by atoms with Crippen molar-refractivity contribution >= 4 is 34.2 Å². The molecule has 5 heteroatoms. The van der Waals surface area contributed by atoms with E-state index < -0.39 is 0 Å². The van der Waals surface area contributed by atoms with E-state index in [1.807, 2.05) is 49.9 Å². The van der Waals surface area contributed by atoms with Gasteiger partial charge in [0.25, 0.3) is 5.91 Å². The van der Waals surface area contributed by atoms with Crippen LogP contribution in [0.5, 0.6) is 0 Å². The van der Waals surface area contributed by atoms with Gasteiger partial charge < -0.3 is 9.88 Å². The largest absolute Gasteiger partial charge is 0.330 e. The Morgan fingerprint density at radius 1 is 1.28 bits per heavy atom. The molecule has 0 saturated heterocycles. The molecule has 1 aliphatic rings. The van der Waals surface area contributed by atoms with Gasteiger partial charge in [-0.15, -0.1) is 0 Å². The normalized spacial score (nSPS) is 15.8. The number of halogens is 1. The van der Waals surface area contributed by atoms with Gasteiger partial charge in [0.05, 0.1) is 17.9 Å². The zero-order valence-electron chi connectivity index (χ0n) is 13.9. The highest BCUT2D eigenvalue weighted by Gasteiger charge is 2.24. The third-order valence-corrected chi connectivity index (χ3v) is 5.59. The van der Waals surface area contributed by atoms with Crippen LogP contribution in [0.25, 0.3) is 0 Å². The van der Waals surface area contributed by atoms with Crippen molar-refractivity contribution in [3.05, 3.63) is 80.9 Å². The minimum atomic E-state index is -0.0616. The standard InChI is InChI=1S/C20H18IN3O/c1-13-2-5-17(18(21)10-13)20(25)23-15-4-6-16-14(11-15)3-7-19(16)24-9-8-22-12-24/h2,4-6,8-12,19H,3,7H2,1H3,(H,23,25). The molecule has 1 aliphatic carbocycles. The van der Waals surface area contributed by atoms with Crippen LogP contribution in [0, 0.1) is 10.5 Å². The molecule has 1 N–H and O–H groups in total. The van der Waals surface area contributed by atoms with Crippen molar-refractivity contribution in [3.63, 3.8) is 0 Å². The fraction of sp³-hybridized carbons (Fsp3) is 0.200. The number of hydrogen-bond acceptors (Lipinski definition) is 2. The Morgan fingerprint density at radius 2 is 2.16 bits per heavy atom. The summed E-state index contributed by atoms with van der Waals surface area (Å²) < 4.78 is 3.12. The number of aromatic nitrogens is 2. The van der Waals surface area contributed by atoms with E-state index in [1.165, 1.54) is 11.1 Å². The first-order chi connectivity index (χ1) is 12.1. The second kappa shape index (κ2) is 6.63. The van der Waals surface area contributed by atoms with Crippen LogP contribution in [-0.2, 0) is 6.42 Å². The van der Waals surface area contributed by atoms with Crippen LogP contribution < -0.4 is 5.32 Å². The molecule has 1 heterocycles. The summed E-state index contributed by atoms with van der Waals surface area (Å²) in [5.74, 6) is -0.0616. The molecule has 25 heavy (non-hydrogen) atoms. The number of fused-ring (bicyclic) bond motifs is 1. The molecule has 0 aliphatic heterocycles. The third kappa shape index (κ3) is 3.20. The highest BCUT2D eigenvalue weighted by Crippen LogP contribution is 2.35. The smallest absolute Gasteiger partial charge is 0.256 e. The fourth-order valence-electron chi connectivity index (χ4n) is 3.44. The maximum absolute atomic E-state index is 12.6. The number of amides is 1. The lowest BCUT2D eigenvalue weighted by Crippen LogP contribution is -2.14. The first kappa shape index (κ1) is 16.3. The van der Waals surface area contributed by atoms with Crippen molar-refractivity contribution in [1.29, 1.82) is 0 Å². The van der Waals surface area contributed by atoms with Gasteiger partial charge in [-0.25, -0.2) is 4.98 Å².